The predicted octanol–water partition coefficient (Wildman–Crippen LogP) is 5.09. The van der Waals surface area contributed by atoms with Crippen LogP contribution in [-0.4, -0.2) is 5.91 Å². The van der Waals surface area contributed by atoms with Crippen LogP contribution in [-0.2, 0) is 0 Å². The molecule has 0 bridgehead atoms. The summed E-state index contributed by atoms with van der Waals surface area (Å²) in [6.07, 6.45) is 0. The summed E-state index contributed by atoms with van der Waals surface area (Å²) in [7, 11) is 0. The molecule has 0 aliphatic rings. The molecule has 3 rings (SSSR count). The molecule has 122 valence electrons. The summed E-state index contributed by atoms with van der Waals surface area (Å²) in [6, 6.07) is 22.7. The van der Waals surface area contributed by atoms with E-state index in [0.717, 1.165) is 27.9 Å². The van der Waals surface area contributed by atoms with E-state index in [0.29, 0.717) is 11.1 Å². The molecule has 0 atom stereocenters. The van der Waals surface area contributed by atoms with Gasteiger partial charge < -0.3 is 5.32 Å². The first-order valence-electron chi connectivity index (χ1n) is 8.08. The molecule has 0 radical (unpaired) electrons. The molecule has 0 spiro atoms. The van der Waals surface area contributed by atoms with Gasteiger partial charge in [-0.15, -0.1) is 0 Å². The number of anilines is 1. The molecule has 1 N–H and O–H groups in total. The number of carbonyl (C=O) groups excluding carboxylic acids is 1. The summed E-state index contributed by atoms with van der Waals surface area (Å²) >= 11 is 0. The quantitative estimate of drug-likeness (QED) is 0.728. The van der Waals surface area contributed by atoms with E-state index in [2.05, 4.69) is 11.4 Å². The summed E-state index contributed by atoms with van der Waals surface area (Å²) in [5, 5.41) is 12.4. The molecular formula is C22H18N2O. The lowest BCUT2D eigenvalue weighted by Crippen LogP contribution is -2.14. The fourth-order valence-corrected chi connectivity index (χ4v) is 2.81. The molecule has 3 aromatic carbocycles. The van der Waals surface area contributed by atoms with Crippen molar-refractivity contribution in [2.75, 3.05) is 5.32 Å². The Kier molecular flexibility index (Phi) is 4.63. The number of rotatable bonds is 3. The maximum absolute atomic E-state index is 12.9. The molecule has 0 unspecified atom stereocenters. The normalized spacial score (nSPS) is 10.1. The third kappa shape index (κ3) is 3.29. The standard InChI is InChI=1S/C22H18N2O/c1-15-8-7-13-21(16(15)2)24-22(25)20-12-6-5-11-19(20)18-10-4-3-9-17(18)14-23/h3-13H,1-2H3,(H,24,25). The zero-order valence-corrected chi connectivity index (χ0v) is 14.2. The smallest absolute Gasteiger partial charge is 0.256 e. The molecule has 25 heavy (non-hydrogen) atoms. The van der Waals surface area contributed by atoms with E-state index in [1.807, 2.05) is 68.4 Å². The van der Waals surface area contributed by atoms with E-state index in [9.17, 15) is 10.1 Å². The molecule has 0 aliphatic heterocycles. The molecule has 0 heterocycles. The minimum atomic E-state index is -0.183. The molecule has 3 aromatic rings. The van der Waals surface area contributed by atoms with Gasteiger partial charge >= 0.3 is 0 Å². The van der Waals surface area contributed by atoms with Crippen molar-refractivity contribution >= 4 is 11.6 Å². The monoisotopic (exact) mass is 326 g/mol. The van der Waals surface area contributed by atoms with Gasteiger partial charge in [-0.2, -0.15) is 5.26 Å². The number of aryl methyl sites for hydroxylation is 1. The van der Waals surface area contributed by atoms with E-state index in [-0.39, 0.29) is 5.91 Å². The first kappa shape index (κ1) is 16.5. The Labute approximate surface area is 147 Å². The lowest BCUT2D eigenvalue weighted by atomic mass is 9.95. The fourth-order valence-electron chi connectivity index (χ4n) is 2.81. The van der Waals surface area contributed by atoms with Crippen LogP contribution in [0, 0.1) is 25.2 Å². The number of nitrogens with zero attached hydrogens (tertiary/aromatic N) is 1. The molecule has 3 heteroatoms. The molecule has 0 saturated heterocycles. The van der Waals surface area contributed by atoms with Gasteiger partial charge in [0.05, 0.1) is 11.6 Å². The van der Waals surface area contributed by atoms with Gasteiger partial charge in [0.25, 0.3) is 5.91 Å². The van der Waals surface area contributed by atoms with Gasteiger partial charge in [0, 0.05) is 16.8 Å². The van der Waals surface area contributed by atoms with Crippen LogP contribution in [0.15, 0.2) is 66.7 Å². The third-order valence-corrected chi connectivity index (χ3v) is 4.36. The van der Waals surface area contributed by atoms with E-state index < -0.39 is 0 Å². The molecular weight excluding hydrogens is 308 g/mol. The SMILES string of the molecule is Cc1cccc(NC(=O)c2ccccc2-c2ccccc2C#N)c1C. The molecule has 0 aromatic heterocycles. The molecule has 1 amide bonds. The van der Waals surface area contributed by atoms with Gasteiger partial charge in [-0.3, -0.25) is 4.79 Å². The Morgan fingerprint density at radius 3 is 2.32 bits per heavy atom. The van der Waals surface area contributed by atoms with Crippen LogP contribution in [0.4, 0.5) is 5.69 Å². The largest absolute Gasteiger partial charge is 0.322 e. The summed E-state index contributed by atoms with van der Waals surface area (Å²) < 4.78 is 0. The Morgan fingerprint density at radius 1 is 0.880 bits per heavy atom. The zero-order chi connectivity index (χ0) is 17.8. The first-order valence-corrected chi connectivity index (χ1v) is 8.08. The second-order valence-electron chi connectivity index (χ2n) is 5.90. The van der Waals surface area contributed by atoms with Crippen LogP contribution in [0.3, 0.4) is 0 Å². The second-order valence-corrected chi connectivity index (χ2v) is 5.90. The van der Waals surface area contributed by atoms with E-state index in [1.54, 1.807) is 12.1 Å². The lowest BCUT2D eigenvalue weighted by molar-refractivity contribution is 0.102. The number of hydrogen-bond donors (Lipinski definition) is 1. The number of nitrogens with one attached hydrogen (secondary N) is 1. The lowest BCUT2D eigenvalue weighted by Gasteiger charge is -2.13. The van der Waals surface area contributed by atoms with Crippen molar-refractivity contribution in [2.24, 2.45) is 0 Å². The fraction of sp³-hybridized carbons (Fsp3) is 0.0909. The minimum Gasteiger partial charge on any atom is -0.322 e. The van der Waals surface area contributed by atoms with E-state index in [1.165, 1.54) is 0 Å². The molecule has 0 saturated carbocycles. The van der Waals surface area contributed by atoms with E-state index >= 15 is 0 Å². The average molecular weight is 326 g/mol. The minimum absolute atomic E-state index is 0.183. The molecule has 0 fully saturated rings. The third-order valence-electron chi connectivity index (χ3n) is 4.36. The Balaban J connectivity index is 2.03. The van der Waals surface area contributed by atoms with Crippen molar-refractivity contribution < 1.29 is 4.79 Å². The van der Waals surface area contributed by atoms with Crippen LogP contribution in [0.25, 0.3) is 11.1 Å². The number of carbonyl (C=O) groups is 1. The highest BCUT2D eigenvalue weighted by Gasteiger charge is 2.15. The maximum atomic E-state index is 12.9. The van der Waals surface area contributed by atoms with Gasteiger partial charge in [-0.1, -0.05) is 48.5 Å². The number of benzene rings is 3. The van der Waals surface area contributed by atoms with E-state index in [4.69, 9.17) is 0 Å². The van der Waals surface area contributed by atoms with Crippen LogP contribution in [0.1, 0.15) is 27.0 Å². The van der Waals surface area contributed by atoms with Crippen molar-refractivity contribution in [3.05, 3.63) is 89.0 Å². The zero-order valence-electron chi connectivity index (χ0n) is 14.2. The van der Waals surface area contributed by atoms with Crippen molar-refractivity contribution in [1.29, 1.82) is 5.26 Å². The predicted molar refractivity (Wildman–Crippen MR) is 100 cm³/mol. The van der Waals surface area contributed by atoms with Gasteiger partial charge in [-0.25, -0.2) is 0 Å². The summed E-state index contributed by atoms with van der Waals surface area (Å²) in [5.41, 5.74) is 5.58. The molecule has 3 nitrogen and oxygen atoms in total. The number of nitriles is 1. The van der Waals surface area contributed by atoms with Gasteiger partial charge in [0.2, 0.25) is 0 Å². The van der Waals surface area contributed by atoms with Crippen LogP contribution < -0.4 is 5.32 Å². The van der Waals surface area contributed by atoms with Crippen molar-refractivity contribution in [1.82, 2.24) is 0 Å². The molecule has 0 aliphatic carbocycles. The Bertz CT molecular complexity index is 983. The number of hydrogen-bond acceptors (Lipinski definition) is 2. The van der Waals surface area contributed by atoms with Crippen molar-refractivity contribution in [2.45, 2.75) is 13.8 Å². The highest BCUT2D eigenvalue weighted by molar-refractivity contribution is 6.09. The Hall–Kier alpha value is -3.38. The van der Waals surface area contributed by atoms with Crippen molar-refractivity contribution in [3.63, 3.8) is 0 Å². The van der Waals surface area contributed by atoms with Gasteiger partial charge in [0.1, 0.15) is 0 Å². The Morgan fingerprint density at radius 2 is 1.56 bits per heavy atom. The van der Waals surface area contributed by atoms with Crippen molar-refractivity contribution in [3.8, 4) is 17.2 Å². The first-order chi connectivity index (χ1) is 12.1. The maximum Gasteiger partial charge on any atom is 0.256 e. The summed E-state index contributed by atoms with van der Waals surface area (Å²) in [6.45, 7) is 4.00. The summed E-state index contributed by atoms with van der Waals surface area (Å²) in [5.74, 6) is -0.183. The number of amides is 1. The average Bonchev–Trinajstić information content (AvgIpc) is 2.65. The highest BCUT2D eigenvalue weighted by atomic mass is 16.1. The summed E-state index contributed by atoms with van der Waals surface area (Å²) in [4.78, 5) is 12.9. The van der Waals surface area contributed by atoms with Crippen LogP contribution >= 0.6 is 0 Å². The van der Waals surface area contributed by atoms with Crippen LogP contribution in [0.2, 0.25) is 0 Å². The second kappa shape index (κ2) is 7.02. The van der Waals surface area contributed by atoms with Gasteiger partial charge in [-0.05, 0) is 48.7 Å². The van der Waals surface area contributed by atoms with Gasteiger partial charge in [0.15, 0.2) is 0 Å². The van der Waals surface area contributed by atoms with Crippen LogP contribution in [0.5, 0.6) is 0 Å². The highest BCUT2D eigenvalue weighted by Crippen LogP contribution is 2.28. The topological polar surface area (TPSA) is 52.9 Å².